The minimum Gasteiger partial charge on any atom is -0.226 e. The van der Waals surface area contributed by atoms with Crippen molar-refractivity contribution in [3.63, 3.8) is 0 Å². The van der Waals surface area contributed by atoms with Gasteiger partial charge in [-0.25, -0.2) is 11.1 Å². The van der Waals surface area contributed by atoms with E-state index < -0.39 is 0 Å². The zero-order valence-electron chi connectivity index (χ0n) is 10.6. The summed E-state index contributed by atoms with van der Waals surface area (Å²) in [7, 11) is 0. The standard InChI is InChI=1S/C16H16.Y/c1-16(2,3)15-11-7-10-14(12-15)13-8-5-4-6-9-13;/h4-8,11-12H,1-3H3;/q-2;. The Morgan fingerprint density at radius 3 is 2.18 bits per heavy atom. The summed E-state index contributed by atoms with van der Waals surface area (Å²) < 4.78 is 0. The second-order valence-corrected chi connectivity index (χ2v) is 5.02. The van der Waals surface area contributed by atoms with Crippen LogP contribution in [0.25, 0.3) is 11.1 Å². The van der Waals surface area contributed by atoms with E-state index in [2.05, 4.69) is 51.1 Å². The zero-order chi connectivity index (χ0) is 11.6. The van der Waals surface area contributed by atoms with E-state index in [1.165, 1.54) is 5.56 Å². The van der Waals surface area contributed by atoms with Gasteiger partial charge < -0.3 is 0 Å². The summed E-state index contributed by atoms with van der Waals surface area (Å²) in [4.78, 5) is 0. The Kier molecular flexibility index (Phi) is 5.10. The topological polar surface area (TPSA) is 0 Å². The van der Waals surface area contributed by atoms with Gasteiger partial charge in [0.15, 0.2) is 0 Å². The summed E-state index contributed by atoms with van der Waals surface area (Å²) in [6.45, 7) is 6.67. The third kappa shape index (κ3) is 3.76. The zero-order valence-corrected chi connectivity index (χ0v) is 13.5. The Morgan fingerprint density at radius 1 is 0.882 bits per heavy atom. The van der Waals surface area contributed by atoms with Crippen LogP contribution < -0.4 is 0 Å². The average Bonchev–Trinajstić information content (AvgIpc) is 2.29. The summed E-state index contributed by atoms with van der Waals surface area (Å²) in [6.07, 6.45) is 0. The maximum Gasteiger partial charge on any atom is 0 e. The molecule has 0 unspecified atom stereocenters. The summed E-state index contributed by atoms with van der Waals surface area (Å²) in [6, 6.07) is 20.8. The van der Waals surface area contributed by atoms with E-state index in [0.29, 0.717) is 0 Å². The van der Waals surface area contributed by atoms with Crippen LogP contribution in [0.2, 0.25) is 0 Å². The minimum absolute atomic E-state index is 0. The molecular formula is C16H16Y-2. The molecule has 0 aliphatic heterocycles. The SMILES string of the molecule is CC(C)(C)c1cc[c-]c(-c2[c-]cccc2)c1.[Y]. The van der Waals surface area contributed by atoms with Crippen LogP contribution in [0.5, 0.6) is 0 Å². The van der Waals surface area contributed by atoms with Gasteiger partial charge in [0.2, 0.25) is 0 Å². The average molecular weight is 297 g/mol. The molecule has 0 atom stereocenters. The molecule has 0 nitrogen and oxygen atoms in total. The van der Waals surface area contributed by atoms with Crippen molar-refractivity contribution in [3.05, 3.63) is 60.2 Å². The molecule has 0 amide bonds. The van der Waals surface area contributed by atoms with Crippen LogP contribution in [0.1, 0.15) is 26.3 Å². The van der Waals surface area contributed by atoms with Crippen molar-refractivity contribution in [1.82, 2.24) is 0 Å². The van der Waals surface area contributed by atoms with Gasteiger partial charge in [-0.15, -0.1) is 17.7 Å². The quantitative estimate of drug-likeness (QED) is 0.690. The Morgan fingerprint density at radius 2 is 1.59 bits per heavy atom. The third-order valence-electron chi connectivity index (χ3n) is 2.67. The van der Waals surface area contributed by atoms with Crippen molar-refractivity contribution in [3.8, 4) is 11.1 Å². The normalized spacial score (nSPS) is 10.8. The van der Waals surface area contributed by atoms with Crippen molar-refractivity contribution in [1.29, 1.82) is 0 Å². The number of rotatable bonds is 1. The van der Waals surface area contributed by atoms with Gasteiger partial charge >= 0.3 is 0 Å². The molecule has 2 rings (SSSR count). The first-order valence-electron chi connectivity index (χ1n) is 5.57. The van der Waals surface area contributed by atoms with E-state index in [4.69, 9.17) is 0 Å². The van der Waals surface area contributed by atoms with E-state index in [1.807, 2.05) is 24.3 Å². The number of benzene rings is 2. The number of hydrogen-bond acceptors (Lipinski definition) is 0. The molecule has 85 valence electrons. The Hall–Kier alpha value is -0.456. The van der Waals surface area contributed by atoms with Crippen LogP contribution in [0.3, 0.4) is 0 Å². The van der Waals surface area contributed by atoms with Gasteiger partial charge in [0.25, 0.3) is 0 Å². The van der Waals surface area contributed by atoms with Crippen LogP contribution in [0.4, 0.5) is 0 Å². The van der Waals surface area contributed by atoms with Gasteiger partial charge in [0, 0.05) is 32.7 Å². The molecule has 0 aliphatic carbocycles. The number of hydrogen-bond donors (Lipinski definition) is 0. The predicted molar refractivity (Wildman–Crippen MR) is 68.3 cm³/mol. The second-order valence-electron chi connectivity index (χ2n) is 5.02. The van der Waals surface area contributed by atoms with Gasteiger partial charge in [0.05, 0.1) is 0 Å². The first-order chi connectivity index (χ1) is 7.57. The van der Waals surface area contributed by atoms with Crippen molar-refractivity contribution < 1.29 is 32.7 Å². The minimum atomic E-state index is 0. The first-order valence-corrected chi connectivity index (χ1v) is 5.57. The van der Waals surface area contributed by atoms with Gasteiger partial charge in [0.1, 0.15) is 0 Å². The smallest absolute Gasteiger partial charge is 0 e. The first kappa shape index (κ1) is 14.6. The fraction of sp³-hybridized carbons (Fsp3) is 0.250. The summed E-state index contributed by atoms with van der Waals surface area (Å²) in [5, 5.41) is 0. The molecular weight excluding hydrogens is 281 g/mol. The molecule has 0 N–H and O–H groups in total. The van der Waals surface area contributed by atoms with Crippen LogP contribution in [0.15, 0.2) is 42.5 Å². The van der Waals surface area contributed by atoms with Crippen LogP contribution in [-0.4, -0.2) is 0 Å². The molecule has 2 aromatic rings. The van der Waals surface area contributed by atoms with E-state index in [-0.39, 0.29) is 38.1 Å². The van der Waals surface area contributed by atoms with Crippen molar-refractivity contribution in [2.75, 3.05) is 0 Å². The summed E-state index contributed by atoms with van der Waals surface area (Å²) in [5.41, 5.74) is 3.73. The van der Waals surface area contributed by atoms with E-state index in [1.54, 1.807) is 0 Å². The molecule has 2 aromatic carbocycles. The maximum atomic E-state index is 3.27. The van der Waals surface area contributed by atoms with Gasteiger partial charge in [-0.3, -0.25) is 0 Å². The largest absolute Gasteiger partial charge is 0.226 e. The third-order valence-corrected chi connectivity index (χ3v) is 2.67. The van der Waals surface area contributed by atoms with Gasteiger partial charge in [-0.2, -0.15) is 42.5 Å². The molecule has 0 saturated carbocycles. The van der Waals surface area contributed by atoms with Crippen molar-refractivity contribution in [2.45, 2.75) is 26.2 Å². The summed E-state index contributed by atoms with van der Waals surface area (Å²) >= 11 is 0. The Bertz CT molecular complexity index is 466. The fourth-order valence-corrected chi connectivity index (χ4v) is 1.65. The second kappa shape index (κ2) is 5.93. The predicted octanol–water partition coefficient (Wildman–Crippen LogP) is 4.25. The monoisotopic (exact) mass is 297 g/mol. The molecule has 1 heteroatoms. The van der Waals surface area contributed by atoms with Crippen LogP contribution >= 0.6 is 0 Å². The maximum absolute atomic E-state index is 3.27. The molecule has 17 heavy (non-hydrogen) atoms. The molecule has 0 aliphatic rings. The molecule has 0 spiro atoms. The van der Waals surface area contributed by atoms with Gasteiger partial charge in [-0.1, -0.05) is 20.8 Å². The Balaban J connectivity index is 0.00000144. The molecule has 0 heterocycles. The van der Waals surface area contributed by atoms with Crippen molar-refractivity contribution in [2.24, 2.45) is 0 Å². The summed E-state index contributed by atoms with van der Waals surface area (Å²) in [5.74, 6) is 0. The molecule has 1 radical (unpaired) electrons. The van der Waals surface area contributed by atoms with Crippen LogP contribution in [-0.2, 0) is 38.1 Å². The molecule has 0 aromatic heterocycles. The molecule has 0 bridgehead atoms. The van der Waals surface area contributed by atoms with Crippen molar-refractivity contribution >= 4 is 0 Å². The van der Waals surface area contributed by atoms with Gasteiger partial charge in [-0.05, 0) is 5.41 Å². The fourth-order valence-electron chi connectivity index (χ4n) is 1.65. The van der Waals surface area contributed by atoms with E-state index >= 15 is 0 Å². The van der Waals surface area contributed by atoms with E-state index in [9.17, 15) is 0 Å². The molecule has 0 saturated heterocycles. The van der Waals surface area contributed by atoms with E-state index in [0.717, 1.165) is 11.1 Å². The molecule has 0 fully saturated rings. The van der Waals surface area contributed by atoms with Crippen LogP contribution in [0, 0.1) is 12.1 Å². The Labute approximate surface area is 129 Å².